The lowest BCUT2D eigenvalue weighted by atomic mass is 9.96. The van der Waals surface area contributed by atoms with Crippen LogP contribution in [0.15, 0.2) is 0 Å². The fourth-order valence-electron chi connectivity index (χ4n) is 2.32. The van der Waals surface area contributed by atoms with Crippen molar-refractivity contribution >= 4 is 5.91 Å². The van der Waals surface area contributed by atoms with Crippen molar-refractivity contribution in [2.75, 3.05) is 33.2 Å². The highest BCUT2D eigenvalue weighted by Gasteiger charge is 2.19. The number of amides is 1. The Morgan fingerprint density at radius 2 is 1.79 bits per heavy atom. The molecule has 1 amide bonds. The lowest BCUT2D eigenvalue weighted by molar-refractivity contribution is -0.132. The van der Waals surface area contributed by atoms with Gasteiger partial charge >= 0.3 is 0 Å². The maximum atomic E-state index is 12.2. The smallest absolute Gasteiger partial charge is 0.222 e. The predicted molar refractivity (Wildman–Crippen MR) is 83.3 cm³/mol. The third-order valence-corrected chi connectivity index (χ3v) is 3.01. The molecule has 19 heavy (non-hydrogen) atoms. The molecule has 0 saturated heterocycles. The van der Waals surface area contributed by atoms with Crippen LogP contribution >= 0.6 is 0 Å². The third kappa shape index (κ3) is 9.94. The van der Waals surface area contributed by atoms with E-state index in [1.54, 1.807) is 0 Å². The van der Waals surface area contributed by atoms with Crippen LogP contribution in [-0.2, 0) is 4.79 Å². The zero-order valence-electron chi connectivity index (χ0n) is 14.1. The topological polar surface area (TPSA) is 23.6 Å². The first-order valence-electron chi connectivity index (χ1n) is 7.62. The van der Waals surface area contributed by atoms with Crippen LogP contribution in [0.2, 0.25) is 0 Å². The third-order valence-electron chi connectivity index (χ3n) is 3.01. The molecular formula is C16H34N2O. The van der Waals surface area contributed by atoms with E-state index >= 15 is 0 Å². The lowest BCUT2D eigenvalue weighted by Gasteiger charge is -2.29. The van der Waals surface area contributed by atoms with Crippen LogP contribution in [0.4, 0.5) is 0 Å². The van der Waals surface area contributed by atoms with Crippen molar-refractivity contribution in [3.05, 3.63) is 0 Å². The quantitative estimate of drug-likeness (QED) is 0.676. The maximum absolute atomic E-state index is 12.2. The molecule has 3 nitrogen and oxygen atoms in total. The Morgan fingerprint density at radius 1 is 1.21 bits per heavy atom. The standard InChI is InChI=1S/C16H34N2O/c1-8-18(13-16(4,5)6)15(19)10-9-11-17(7)12-14(2)3/h14H,8-13H2,1-7H3. The van der Waals surface area contributed by atoms with E-state index in [1.165, 1.54) is 0 Å². The molecular weight excluding hydrogens is 236 g/mol. The molecule has 0 unspecified atom stereocenters. The Bertz CT molecular complexity index is 256. The van der Waals surface area contributed by atoms with Crippen molar-refractivity contribution in [1.82, 2.24) is 9.80 Å². The monoisotopic (exact) mass is 270 g/mol. The largest absolute Gasteiger partial charge is 0.342 e. The molecule has 0 saturated carbocycles. The van der Waals surface area contributed by atoms with Crippen LogP contribution in [-0.4, -0.2) is 48.9 Å². The molecule has 0 aromatic carbocycles. The van der Waals surface area contributed by atoms with E-state index in [0.717, 1.165) is 32.6 Å². The molecule has 0 aliphatic carbocycles. The minimum Gasteiger partial charge on any atom is -0.342 e. The van der Waals surface area contributed by atoms with Gasteiger partial charge in [0, 0.05) is 26.1 Å². The molecule has 0 spiro atoms. The van der Waals surface area contributed by atoms with Crippen molar-refractivity contribution in [2.24, 2.45) is 11.3 Å². The van der Waals surface area contributed by atoms with E-state index < -0.39 is 0 Å². The van der Waals surface area contributed by atoms with Gasteiger partial charge in [0.05, 0.1) is 0 Å². The summed E-state index contributed by atoms with van der Waals surface area (Å²) in [6.07, 6.45) is 1.63. The number of carbonyl (C=O) groups is 1. The van der Waals surface area contributed by atoms with Gasteiger partial charge in [-0.1, -0.05) is 34.6 Å². The molecule has 0 fully saturated rings. The van der Waals surface area contributed by atoms with Crippen molar-refractivity contribution in [3.63, 3.8) is 0 Å². The van der Waals surface area contributed by atoms with Gasteiger partial charge in [-0.2, -0.15) is 0 Å². The lowest BCUT2D eigenvalue weighted by Crippen LogP contribution is -2.37. The fourth-order valence-corrected chi connectivity index (χ4v) is 2.32. The molecule has 0 rings (SSSR count). The summed E-state index contributed by atoms with van der Waals surface area (Å²) >= 11 is 0. The van der Waals surface area contributed by atoms with E-state index in [9.17, 15) is 4.79 Å². The minimum absolute atomic E-state index is 0.181. The molecule has 0 aliphatic heterocycles. The van der Waals surface area contributed by atoms with E-state index in [-0.39, 0.29) is 5.41 Å². The zero-order chi connectivity index (χ0) is 15.1. The van der Waals surface area contributed by atoms with Gasteiger partial charge in [-0.3, -0.25) is 4.79 Å². The Morgan fingerprint density at radius 3 is 2.21 bits per heavy atom. The summed E-state index contributed by atoms with van der Waals surface area (Å²) in [7, 11) is 2.14. The average molecular weight is 270 g/mol. The molecule has 3 heteroatoms. The number of nitrogens with zero attached hydrogens (tertiary/aromatic N) is 2. The number of hydrogen-bond acceptors (Lipinski definition) is 2. The van der Waals surface area contributed by atoms with Gasteiger partial charge in [0.2, 0.25) is 5.91 Å². The maximum Gasteiger partial charge on any atom is 0.222 e. The van der Waals surface area contributed by atoms with Crippen LogP contribution in [0.5, 0.6) is 0 Å². The van der Waals surface area contributed by atoms with Crippen LogP contribution < -0.4 is 0 Å². The van der Waals surface area contributed by atoms with Crippen LogP contribution in [0.1, 0.15) is 54.4 Å². The van der Waals surface area contributed by atoms with Gasteiger partial charge < -0.3 is 9.80 Å². The second-order valence-corrected chi connectivity index (χ2v) is 7.23. The van der Waals surface area contributed by atoms with Crippen molar-refractivity contribution in [3.8, 4) is 0 Å². The summed E-state index contributed by atoms with van der Waals surface area (Å²) in [4.78, 5) is 16.5. The van der Waals surface area contributed by atoms with Gasteiger partial charge in [-0.15, -0.1) is 0 Å². The first-order valence-corrected chi connectivity index (χ1v) is 7.62. The summed E-state index contributed by atoms with van der Waals surface area (Å²) in [5, 5.41) is 0. The first-order chi connectivity index (χ1) is 8.65. The molecule has 114 valence electrons. The van der Waals surface area contributed by atoms with Crippen LogP contribution in [0.25, 0.3) is 0 Å². The Labute approximate surface area is 120 Å². The minimum atomic E-state index is 0.181. The van der Waals surface area contributed by atoms with Crippen molar-refractivity contribution in [1.29, 1.82) is 0 Å². The predicted octanol–water partition coefficient (Wildman–Crippen LogP) is 3.25. The van der Waals surface area contributed by atoms with Gasteiger partial charge in [0.25, 0.3) is 0 Å². The van der Waals surface area contributed by atoms with Gasteiger partial charge in [0.15, 0.2) is 0 Å². The second kappa shape index (κ2) is 8.57. The highest BCUT2D eigenvalue weighted by molar-refractivity contribution is 5.76. The number of rotatable bonds is 8. The molecule has 0 N–H and O–H groups in total. The summed E-state index contributed by atoms with van der Waals surface area (Å²) in [6, 6.07) is 0. The summed E-state index contributed by atoms with van der Waals surface area (Å²) in [5.41, 5.74) is 0.181. The Kier molecular flexibility index (Phi) is 8.31. The molecule has 0 atom stereocenters. The van der Waals surface area contributed by atoms with E-state index in [1.807, 2.05) is 4.90 Å². The van der Waals surface area contributed by atoms with E-state index in [4.69, 9.17) is 0 Å². The Balaban J connectivity index is 4.01. The van der Waals surface area contributed by atoms with Gasteiger partial charge in [-0.05, 0) is 38.3 Å². The zero-order valence-corrected chi connectivity index (χ0v) is 14.1. The number of carbonyl (C=O) groups excluding carboxylic acids is 1. The summed E-state index contributed by atoms with van der Waals surface area (Å²) in [6.45, 7) is 16.8. The van der Waals surface area contributed by atoms with E-state index in [2.05, 4.69) is 53.5 Å². The molecule has 0 heterocycles. The van der Waals surface area contributed by atoms with Gasteiger partial charge in [-0.25, -0.2) is 0 Å². The van der Waals surface area contributed by atoms with Crippen LogP contribution in [0, 0.1) is 11.3 Å². The highest BCUT2D eigenvalue weighted by Crippen LogP contribution is 2.16. The molecule has 0 aromatic rings. The SMILES string of the molecule is CCN(CC(C)(C)C)C(=O)CCCN(C)CC(C)C. The molecule has 0 aliphatic rings. The van der Waals surface area contributed by atoms with Crippen molar-refractivity contribution < 1.29 is 4.79 Å². The van der Waals surface area contributed by atoms with Crippen LogP contribution in [0.3, 0.4) is 0 Å². The average Bonchev–Trinajstić information content (AvgIpc) is 2.23. The summed E-state index contributed by atoms with van der Waals surface area (Å²) in [5.74, 6) is 0.990. The molecule has 0 radical (unpaired) electrons. The van der Waals surface area contributed by atoms with Gasteiger partial charge in [0.1, 0.15) is 0 Å². The normalized spacial score (nSPS) is 12.3. The van der Waals surface area contributed by atoms with E-state index in [0.29, 0.717) is 18.2 Å². The Hall–Kier alpha value is -0.570. The second-order valence-electron chi connectivity index (χ2n) is 7.23. The first kappa shape index (κ1) is 18.4. The highest BCUT2D eigenvalue weighted by atomic mass is 16.2. The fraction of sp³-hybridized carbons (Fsp3) is 0.938. The summed E-state index contributed by atoms with van der Waals surface area (Å²) < 4.78 is 0. The number of hydrogen-bond donors (Lipinski definition) is 0. The molecule has 0 bridgehead atoms. The van der Waals surface area contributed by atoms with Crippen molar-refractivity contribution in [2.45, 2.75) is 54.4 Å². The molecule has 0 aromatic heterocycles.